The van der Waals surface area contributed by atoms with Gasteiger partial charge in [-0.2, -0.15) is 0 Å². The van der Waals surface area contributed by atoms with Crippen molar-refractivity contribution in [3.8, 4) is 0 Å². The normalized spacial score (nSPS) is 24.1. The average Bonchev–Trinajstić information content (AvgIpc) is 2.57. The number of carbonyl (C=O) groups excluding carboxylic acids is 1. The van der Waals surface area contributed by atoms with Crippen molar-refractivity contribution in [3.63, 3.8) is 0 Å². The molecule has 0 spiro atoms. The second kappa shape index (κ2) is 4.37. The van der Waals surface area contributed by atoms with E-state index in [9.17, 15) is 9.59 Å². The fraction of sp³-hybridized carbons (Fsp3) is 0.333. The molecule has 1 aliphatic rings. The number of halogens is 1. The predicted octanol–water partition coefficient (Wildman–Crippen LogP) is 1.94. The first-order valence-electron chi connectivity index (χ1n) is 5.25. The highest BCUT2D eigenvalue weighted by atomic mass is 35.5. The van der Waals surface area contributed by atoms with Gasteiger partial charge < -0.3 is 10.0 Å². The van der Waals surface area contributed by atoms with Crippen LogP contribution in [0.4, 0.5) is 0 Å². The van der Waals surface area contributed by atoms with E-state index < -0.39 is 17.9 Å². The van der Waals surface area contributed by atoms with Gasteiger partial charge in [0.05, 0.1) is 12.0 Å². The monoisotopic (exact) mass is 253 g/mol. The Morgan fingerprint density at radius 1 is 1.47 bits per heavy atom. The van der Waals surface area contributed by atoms with Crippen LogP contribution in [0.25, 0.3) is 0 Å². The molecule has 1 saturated heterocycles. The van der Waals surface area contributed by atoms with Crippen molar-refractivity contribution in [3.05, 3.63) is 34.9 Å². The number of carboxylic acids is 1. The van der Waals surface area contributed by atoms with E-state index >= 15 is 0 Å². The van der Waals surface area contributed by atoms with Crippen molar-refractivity contribution in [1.29, 1.82) is 0 Å². The van der Waals surface area contributed by atoms with Crippen molar-refractivity contribution >= 4 is 23.5 Å². The summed E-state index contributed by atoms with van der Waals surface area (Å²) in [5.41, 5.74) is 0.690. The highest BCUT2D eigenvalue weighted by Crippen LogP contribution is 2.39. The fourth-order valence-corrected chi connectivity index (χ4v) is 2.48. The zero-order chi connectivity index (χ0) is 12.6. The third kappa shape index (κ3) is 2.00. The molecule has 2 atom stereocenters. The van der Waals surface area contributed by atoms with Gasteiger partial charge in [0.25, 0.3) is 0 Å². The molecule has 2 unspecified atom stereocenters. The zero-order valence-corrected chi connectivity index (χ0v) is 10.0. The molecule has 1 N–H and O–H groups in total. The molecule has 1 aromatic rings. The first-order valence-corrected chi connectivity index (χ1v) is 5.63. The van der Waals surface area contributed by atoms with E-state index in [1.165, 1.54) is 4.90 Å². The topological polar surface area (TPSA) is 57.6 Å². The molecular weight excluding hydrogens is 242 g/mol. The molecule has 4 nitrogen and oxygen atoms in total. The molecule has 0 aromatic heterocycles. The van der Waals surface area contributed by atoms with Gasteiger partial charge >= 0.3 is 5.97 Å². The first kappa shape index (κ1) is 11.9. The maximum atomic E-state index is 11.6. The summed E-state index contributed by atoms with van der Waals surface area (Å²) in [6.07, 6.45) is 0.0295. The number of carboxylic acid groups (broad SMARTS) is 1. The first-order chi connectivity index (χ1) is 8.02. The number of carbonyl (C=O) groups is 2. The van der Waals surface area contributed by atoms with Crippen LogP contribution in [-0.4, -0.2) is 28.9 Å². The summed E-state index contributed by atoms with van der Waals surface area (Å²) >= 11 is 6.06. The Hall–Kier alpha value is -1.55. The number of benzene rings is 1. The van der Waals surface area contributed by atoms with Crippen molar-refractivity contribution in [2.75, 3.05) is 7.05 Å². The second-order valence-electron chi connectivity index (χ2n) is 4.12. The zero-order valence-electron chi connectivity index (χ0n) is 9.26. The molecule has 0 saturated carbocycles. The minimum Gasteiger partial charge on any atom is -0.481 e. The number of hydrogen-bond donors (Lipinski definition) is 1. The van der Waals surface area contributed by atoms with E-state index in [-0.39, 0.29) is 12.3 Å². The van der Waals surface area contributed by atoms with Crippen LogP contribution < -0.4 is 0 Å². The van der Waals surface area contributed by atoms with Gasteiger partial charge in [0.15, 0.2) is 0 Å². The minimum absolute atomic E-state index is 0.0295. The number of rotatable bonds is 2. The van der Waals surface area contributed by atoms with Gasteiger partial charge in [-0.1, -0.05) is 29.8 Å². The molecule has 0 bridgehead atoms. The van der Waals surface area contributed by atoms with E-state index in [0.29, 0.717) is 10.6 Å². The quantitative estimate of drug-likeness (QED) is 0.876. The molecule has 17 heavy (non-hydrogen) atoms. The van der Waals surface area contributed by atoms with Crippen LogP contribution in [0.3, 0.4) is 0 Å². The molecule has 1 heterocycles. The van der Waals surface area contributed by atoms with Gasteiger partial charge in [0.1, 0.15) is 0 Å². The van der Waals surface area contributed by atoms with Crippen molar-refractivity contribution < 1.29 is 14.7 Å². The molecule has 1 aromatic carbocycles. The lowest BCUT2D eigenvalue weighted by Gasteiger charge is -2.24. The van der Waals surface area contributed by atoms with E-state index in [1.807, 2.05) is 0 Å². The van der Waals surface area contributed by atoms with Gasteiger partial charge in [-0.25, -0.2) is 0 Å². The molecule has 90 valence electrons. The third-order valence-electron chi connectivity index (χ3n) is 3.13. The number of hydrogen-bond acceptors (Lipinski definition) is 2. The average molecular weight is 254 g/mol. The Kier molecular flexibility index (Phi) is 3.07. The highest BCUT2D eigenvalue weighted by molar-refractivity contribution is 6.31. The Morgan fingerprint density at radius 3 is 2.71 bits per heavy atom. The van der Waals surface area contributed by atoms with Crippen LogP contribution in [0.5, 0.6) is 0 Å². The molecule has 0 radical (unpaired) electrons. The SMILES string of the molecule is CN1C(=O)CC(C(=O)O)C1c1ccccc1Cl. The number of amides is 1. The van der Waals surface area contributed by atoms with Gasteiger partial charge in [0.2, 0.25) is 5.91 Å². The van der Waals surface area contributed by atoms with E-state index in [4.69, 9.17) is 16.7 Å². The lowest BCUT2D eigenvalue weighted by atomic mass is 9.94. The van der Waals surface area contributed by atoms with Crippen LogP contribution >= 0.6 is 11.6 Å². The molecule has 2 rings (SSSR count). The summed E-state index contributed by atoms with van der Waals surface area (Å²) in [5, 5.41) is 9.64. The van der Waals surface area contributed by atoms with Crippen molar-refractivity contribution in [1.82, 2.24) is 4.90 Å². The van der Waals surface area contributed by atoms with E-state index in [0.717, 1.165) is 0 Å². The van der Waals surface area contributed by atoms with Gasteiger partial charge in [-0.15, -0.1) is 0 Å². The lowest BCUT2D eigenvalue weighted by Crippen LogP contribution is -2.27. The minimum atomic E-state index is -0.965. The summed E-state index contributed by atoms with van der Waals surface area (Å²) < 4.78 is 0. The van der Waals surface area contributed by atoms with Crippen molar-refractivity contribution in [2.45, 2.75) is 12.5 Å². The summed E-state index contributed by atoms with van der Waals surface area (Å²) in [4.78, 5) is 24.2. The van der Waals surface area contributed by atoms with Gasteiger partial charge in [-0.3, -0.25) is 9.59 Å². The van der Waals surface area contributed by atoms with Gasteiger partial charge in [0, 0.05) is 18.5 Å². The van der Waals surface area contributed by atoms with Gasteiger partial charge in [-0.05, 0) is 11.6 Å². The predicted molar refractivity (Wildman–Crippen MR) is 62.7 cm³/mol. The maximum Gasteiger partial charge on any atom is 0.309 e. The van der Waals surface area contributed by atoms with Crippen molar-refractivity contribution in [2.24, 2.45) is 5.92 Å². The summed E-state index contributed by atoms with van der Waals surface area (Å²) in [7, 11) is 1.61. The lowest BCUT2D eigenvalue weighted by molar-refractivity contribution is -0.142. The summed E-state index contributed by atoms with van der Waals surface area (Å²) in [6, 6.07) is 6.55. The third-order valence-corrected chi connectivity index (χ3v) is 3.47. The highest BCUT2D eigenvalue weighted by Gasteiger charge is 2.43. The van der Waals surface area contributed by atoms with Crippen LogP contribution in [-0.2, 0) is 9.59 Å². The fourth-order valence-electron chi connectivity index (χ4n) is 2.23. The smallest absolute Gasteiger partial charge is 0.309 e. The molecule has 0 aliphatic carbocycles. The number of nitrogens with zero attached hydrogens (tertiary/aromatic N) is 1. The van der Waals surface area contributed by atoms with Crippen LogP contribution in [0, 0.1) is 5.92 Å². The molecule has 5 heteroatoms. The molecule has 1 fully saturated rings. The Balaban J connectivity index is 2.44. The Bertz CT molecular complexity index is 475. The molecular formula is C12H12ClNO3. The summed E-state index contributed by atoms with van der Waals surface area (Å²) in [5.74, 6) is -1.86. The molecule has 1 aliphatic heterocycles. The van der Waals surface area contributed by atoms with E-state index in [2.05, 4.69) is 0 Å². The number of likely N-dealkylation sites (tertiary alicyclic amines) is 1. The van der Waals surface area contributed by atoms with Crippen LogP contribution in [0.1, 0.15) is 18.0 Å². The Morgan fingerprint density at radius 2 is 2.12 bits per heavy atom. The standard InChI is InChI=1S/C12H12ClNO3/c1-14-10(15)6-8(12(16)17)11(14)7-4-2-3-5-9(7)13/h2-5,8,11H,6H2,1H3,(H,16,17). The van der Waals surface area contributed by atoms with Crippen LogP contribution in [0.2, 0.25) is 5.02 Å². The second-order valence-corrected chi connectivity index (χ2v) is 4.53. The Labute approximate surface area is 104 Å². The molecule has 1 amide bonds. The largest absolute Gasteiger partial charge is 0.481 e. The maximum absolute atomic E-state index is 11.6. The van der Waals surface area contributed by atoms with Crippen LogP contribution in [0.15, 0.2) is 24.3 Å². The van der Waals surface area contributed by atoms with E-state index in [1.54, 1.807) is 31.3 Å². The number of aliphatic carboxylic acids is 1. The summed E-state index contributed by atoms with van der Waals surface area (Å²) in [6.45, 7) is 0.